The summed E-state index contributed by atoms with van der Waals surface area (Å²) in [4.78, 5) is 33.1. The van der Waals surface area contributed by atoms with Gasteiger partial charge in [-0.15, -0.1) is 0 Å². The molecule has 0 radical (unpaired) electrons. The summed E-state index contributed by atoms with van der Waals surface area (Å²) in [7, 11) is 0. The number of hydrogen-bond acceptors (Lipinski definition) is 6. The highest BCUT2D eigenvalue weighted by Crippen LogP contribution is 2.41. The lowest BCUT2D eigenvalue weighted by Gasteiger charge is -2.33. The molecule has 1 saturated heterocycles. The Hall–Kier alpha value is -3.49. The smallest absolute Gasteiger partial charge is 0.344 e. The van der Waals surface area contributed by atoms with E-state index in [0.29, 0.717) is 20.7 Å². The first-order valence-corrected chi connectivity index (χ1v) is 14.3. The number of ether oxygens (including phenoxy) is 1. The Balaban J connectivity index is 1.51. The van der Waals surface area contributed by atoms with Crippen molar-refractivity contribution in [3.63, 3.8) is 0 Å². The molecular formula is C30H30ClN3O4S. The zero-order chi connectivity index (χ0) is 27.5. The number of carbonyl (C=O) groups is 2. The fourth-order valence-electron chi connectivity index (χ4n) is 4.99. The molecule has 0 spiro atoms. The standard InChI is InChI=1S/C30H30ClN3O4S/c1-3-38-30(37)27-28(36)25(39-29(27)32-22-13-11-21(31)12-14-22)16-20-17-33(24-10-5-4-9-23(20)24)18-26(35)34-15-7-6-8-19(34)2/h4-5,9-14,16-17,19,36H,3,6-8,15,18H2,1-2H3/b25-16-,32-29?/t19-/m1/s1. The van der Waals surface area contributed by atoms with Gasteiger partial charge in [-0.3, -0.25) is 4.79 Å². The quantitative estimate of drug-likeness (QED) is 0.330. The molecule has 3 heterocycles. The van der Waals surface area contributed by atoms with E-state index in [1.165, 1.54) is 11.8 Å². The van der Waals surface area contributed by atoms with Gasteiger partial charge in [-0.1, -0.05) is 41.6 Å². The molecule has 3 aromatic rings. The molecule has 2 aromatic carbocycles. The van der Waals surface area contributed by atoms with Crippen molar-refractivity contribution in [2.75, 3.05) is 13.2 Å². The van der Waals surface area contributed by atoms with Gasteiger partial charge in [-0.25, -0.2) is 9.79 Å². The molecule has 0 saturated carbocycles. The van der Waals surface area contributed by atoms with Gasteiger partial charge in [0.25, 0.3) is 0 Å². The molecule has 2 aliphatic heterocycles. The molecule has 9 heteroatoms. The van der Waals surface area contributed by atoms with E-state index in [-0.39, 0.29) is 36.4 Å². The van der Waals surface area contributed by atoms with E-state index >= 15 is 0 Å². The Morgan fingerprint density at radius 3 is 2.69 bits per heavy atom. The molecule has 1 N–H and O–H groups in total. The summed E-state index contributed by atoms with van der Waals surface area (Å²) in [6.45, 7) is 5.02. The minimum absolute atomic E-state index is 0.0288. The maximum Gasteiger partial charge on any atom is 0.344 e. The van der Waals surface area contributed by atoms with Crippen LogP contribution in [0.15, 0.2) is 76.0 Å². The van der Waals surface area contributed by atoms with Crippen LogP contribution in [0.1, 0.15) is 38.7 Å². The first-order chi connectivity index (χ1) is 18.9. The Morgan fingerprint density at radius 2 is 1.95 bits per heavy atom. The maximum atomic E-state index is 13.2. The number of para-hydroxylation sites is 1. The topological polar surface area (TPSA) is 84.1 Å². The van der Waals surface area contributed by atoms with Crippen molar-refractivity contribution in [2.24, 2.45) is 4.99 Å². The highest BCUT2D eigenvalue weighted by atomic mass is 35.5. The van der Waals surface area contributed by atoms with Crippen molar-refractivity contribution in [3.05, 3.63) is 81.6 Å². The van der Waals surface area contributed by atoms with Crippen LogP contribution in [0.2, 0.25) is 5.02 Å². The number of aliphatic imine (C=N–C) groups is 1. The van der Waals surface area contributed by atoms with Crippen molar-refractivity contribution in [3.8, 4) is 0 Å². The van der Waals surface area contributed by atoms with Crippen LogP contribution in [0.25, 0.3) is 17.0 Å². The lowest BCUT2D eigenvalue weighted by molar-refractivity contribution is -0.138. The average Bonchev–Trinajstić information content (AvgIpc) is 3.42. The van der Waals surface area contributed by atoms with Crippen LogP contribution in [0, 0.1) is 0 Å². The van der Waals surface area contributed by atoms with E-state index in [9.17, 15) is 14.7 Å². The first-order valence-electron chi connectivity index (χ1n) is 13.1. The molecule has 1 amide bonds. The second kappa shape index (κ2) is 11.7. The zero-order valence-corrected chi connectivity index (χ0v) is 23.5. The number of hydrogen-bond donors (Lipinski definition) is 1. The van der Waals surface area contributed by atoms with Gasteiger partial charge in [0, 0.05) is 40.3 Å². The van der Waals surface area contributed by atoms with Crippen molar-refractivity contribution < 1.29 is 19.4 Å². The van der Waals surface area contributed by atoms with Crippen LogP contribution >= 0.6 is 23.4 Å². The predicted molar refractivity (Wildman–Crippen MR) is 157 cm³/mol. The van der Waals surface area contributed by atoms with Crippen LogP contribution in [-0.4, -0.2) is 50.7 Å². The van der Waals surface area contributed by atoms with E-state index < -0.39 is 5.97 Å². The number of carbonyl (C=O) groups excluding carboxylic acids is 2. The minimum atomic E-state index is -0.637. The van der Waals surface area contributed by atoms with Gasteiger partial charge >= 0.3 is 5.97 Å². The highest BCUT2D eigenvalue weighted by Gasteiger charge is 2.33. The molecule has 1 aromatic heterocycles. The molecule has 1 fully saturated rings. The highest BCUT2D eigenvalue weighted by molar-refractivity contribution is 8.18. The number of amides is 1. The monoisotopic (exact) mass is 563 g/mol. The van der Waals surface area contributed by atoms with Crippen LogP contribution in [0.4, 0.5) is 5.69 Å². The summed E-state index contributed by atoms with van der Waals surface area (Å²) in [5.74, 6) is -0.717. The number of esters is 1. The number of likely N-dealkylation sites (tertiary alicyclic amines) is 1. The number of nitrogens with zero attached hydrogens (tertiary/aromatic N) is 3. The maximum absolute atomic E-state index is 13.2. The third kappa shape index (κ3) is 5.77. The molecule has 2 aliphatic rings. The Bertz CT molecular complexity index is 1510. The summed E-state index contributed by atoms with van der Waals surface area (Å²) in [5, 5.41) is 13.0. The summed E-state index contributed by atoms with van der Waals surface area (Å²) in [5.41, 5.74) is 2.38. The summed E-state index contributed by atoms with van der Waals surface area (Å²) in [6.07, 6.45) is 6.97. The van der Waals surface area contributed by atoms with Crippen LogP contribution in [0.5, 0.6) is 0 Å². The van der Waals surface area contributed by atoms with E-state index in [2.05, 4.69) is 11.9 Å². The number of aliphatic hydroxyl groups is 1. The molecule has 1 atom stereocenters. The Labute approximate surface area is 236 Å². The van der Waals surface area contributed by atoms with E-state index in [1.807, 2.05) is 46.0 Å². The van der Waals surface area contributed by atoms with E-state index in [0.717, 1.165) is 42.3 Å². The number of halogens is 1. The van der Waals surface area contributed by atoms with Gasteiger partial charge in [-0.2, -0.15) is 0 Å². The predicted octanol–water partition coefficient (Wildman–Crippen LogP) is 6.89. The molecule has 0 unspecified atom stereocenters. The van der Waals surface area contributed by atoms with Gasteiger partial charge in [0.2, 0.25) is 5.91 Å². The normalized spacial score (nSPS) is 19.9. The first kappa shape index (κ1) is 27.1. The summed E-state index contributed by atoms with van der Waals surface area (Å²) in [6, 6.07) is 15.0. The van der Waals surface area contributed by atoms with Gasteiger partial charge in [0.05, 0.1) is 17.2 Å². The van der Waals surface area contributed by atoms with Gasteiger partial charge in [0.1, 0.15) is 22.9 Å². The van der Waals surface area contributed by atoms with Crippen LogP contribution < -0.4 is 0 Å². The van der Waals surface area contributed by atoms with Crippen molar-refractivity contribution in [1.29, 1.82) is 0 Å². The average molecular weight is 564 g/mol. The number of aliphatic hydroxyl groups excluding tert-OH is 1. The molecule has 202 valence electrons. The third-order valence-corrected chi connectivity index (χ3v) is 8.23. The lowest BCUT2D eigenvalue weighted by Crippen LogP contribution is -2.43. The van der Waals surface area contributed by atoms with Crippen molar-refractivity contribution >= 4 is 62.9 Å². The largest absolute Gasteiger partial charge is 0.506 e. The lowest BCUT2D eigenvalue weighted by atomic mass is 10.0. The van der Waals surface area contributed by atoms with Crippen molar-refractivity contribution in [2.45, 2.75) is 45.7 Å². The summed E-state index contributed by atoms with van der Waals surface area (Å²) < 4.78 is 7.18. The Kier molecular flexibility index (Phi) is 8.14. The fraction of sp³-hybridized carbons (Fsp3) is 0.300. The molecule has 0 bridgehead atoms. The molecule has 39 heavy (non-hydrogen) atoms. The van der Waals surface area contributed by atoms with E-state index in [4.69, 9.17) is 16.3 Å². The molecular weight excluding hydrogens is 534 g/mol. The number of fused-ring (bicyclic) bond motifs is 1. The molecule has 5 rings (SSSR count). The van der Waals surface area contributed by atoms with Crippen LogP contribution in [-0.2, 0) is 20.9 Å². The zero-order valence-electron chi connectivity index (χ0n) is 21.9. The SMILES string of the molecule is CCOC(=O)C1=C(O)/C(=C/c2cn(CC(=O)N3CCCC[C@H]3C)c3ccccc23)SC1=Nc1ccc(Cl)cc1. The van der Waals surface area contributed by atoms with Gasteiger partial charge in [0.15, 0.2) is 0 Å². The molecule has 0 aliphatic carbocycles. The van der Waals surface area contributed by atoms with Crippen molar-refractivity contribution in [1.82, 2.24) is 9.47 Å². The second-order valence-electron chi connectivity index (χ2n) is 9.61. The molecule has 7 nitrogen and oxygen atoms in total. The number of rotatable bonds is 6. The number of aromatic nitrogens is 1. The number of piperidine rings is 1. The van der Waals surface area contributed by atoms with Gasteiger partial charge in [-0.05, 0) is 69.5 Å². The van der Waals surface area contributed by atoms with Crippen LogP contribution in [0.3, 0.4) is 0 Å². The number of benzene rings is 2. The second-order valence-corrected chi connectivity index (χ2v) is 11.1. The van der Waals surface area contributed by atoms with Gasteiger partial charge < -0.3 is 19.3 Å². The third-order valence-electron chi connectivity index (χ3n) is 6.96. The minimum Gasteiger partial charge on any atom is -0.506 e. The number of thioether (sulfide) groups is 1. The fourth-order valence-corrected chi connectivity index (χ4v) is 6.14. The van der Waals surface area contributed by atoms with E-state index in [1.54, 1.807) is 31.2 Å². The summed E-state index contributed by atoms with van der Waals surface area (Å²) >= 11 is 7.20. The Morgan fingerprint density at radius 1 is 1.18 bits per heavy atom.